The number of aromatic nitrogens is 1. The van der Waals surface area contributed by atoms with Gasteiger partial charge in [0.25, 0.3) is 10.0 Å². The lowest BCUT2D eigenvalue weighted by Gasteiger charge is -2.36. The van der Waals surface area contributed by atoms with Crippen LogP contribution in [-0.2, 0) is 19.6 Å². The number of para-hydroxylation sites is 1. The molecule has 1 aromatic carbocycles. The number of thiazole rings is 1. The number of sulfonamides is 1. The van der Waals surface area contributed by atoms with Crippen LogP contribution in [0, 0.1) is 6.92 Å². The number of rotatable bonds is 6. The van der Waals surface area contributed by atoms with Crippen LogP contribution >= 0.6 is 34.3 Å². The molecule has 0 bridgehead atoms. The third-order valence-electron chi connectivity index (χ3n) is 6.37. The number of ether oxygens (including phenoxy) is 1. The van der Waals surface area contributed by atoms with Crippen LogP contribution in [0.2, 0.25) is 4.34 Å². The Bertz CT molecular complexity index is 1300. The first kappa shape index (κ1) is 24.1. The molecule has 2 unspecified atom stereocenters. The fourth-order valence-electron chi connectivity index (χ4n) is 4.62. The SMILES string of the molecule is Cc1cccc2sc(N(CC3CCCO3)C(=O)C3CCCCN3S(=O)(=O)c3ccc(Cl)s3)nc12. The summed E-state index contributed by atoms with van der Waals surface area (Å²) in [6.07, 6.45) is 3.72. The second-order valence-corrected chi connectivity index (χ2v) is 13.5. The highest BCUT2D eigenvalue weighted by molar-refractivity contribution is 7.91. The molecule has 11 heteroatoms. The van der Waals surface area contributed by atoms with Crippen molar-refractivity contribution in [1.29, 1.82) is 0 Å². The fourth-order valence-corrected chi connectivity index (χ4v) is 8.94. The number of benzene rings is 1. The maximum absolute atomic E-state index is 14.1. The molecule has 0 saturated carbocycles. The molecule has 5 rings (SSSR count). The molecule has 0 N–H and O–H groups in total. The standard InChI is InChI=1S/C23H26ClN3O4S3/c1-15-6-4-9-18-21(15)25-23(32-18)26(14-16-7-5-13-31-16)22(28)17-8-2-3-12-27(17)34(29,30)20-11-10-19(24)33-20/h4,6,9-11,16-17H,2-3,5,7-8,12-14H2,1H3. The van der Waals surface area contributed by atoms with E-state index in [1.165, 1.54) is 21.7 Å². The number of aryl methyl sites for hydroxylation is 1. The number of nitrogens with zero attached hydrogens (tertiary/aromatic N) is 3. The molecule has 1 amide bonds. The number of carbonyl (C=O) groups excluding carboxylic acids is 1. The molecule has 0 spiro atoms. The van der Waals surface area contributed by atoms with Crippen LogP contribution in [0.25, 0.3) is 10.2 Å². The van der Waals surface area contributed by atoms with Gasteiger partial charge in [-0.2, -0.15) is 4.31 Å². The summed E-state index contributed by atoms with van der Waals surface area (Å²) >= 11 is 8.50. The highest BCUT2D eigenvalue weighted by Crippen LogP contribution is 2.35. The van der Waals surface area contributed by atoms with Crippen LogP contribution in [0.5, 0.6) is 0 Å². The van der Waals surface area contributed by atoms with Gasteiger partial charge < -0.3 is 4.74 Å². The van der Waals surface area contributed by atoms with E-state index in [-0.39, 0.29) is 16.2 Å². The molecular formula is C23H26ClN3O4S3. The lowest BCUT2D eigenvalue weighted by atomic mass is 10.0. The summed E-state index contributed by atoms with van der Waals surface area (Å²) in [7, 11) is -3.84. The second-order valence-electron chi connectivity index (χ2n) is 8.69. The van der Waals surface area contributed by atoms with Crippen molar-refractivity contribution in [3.05, 3.63) is 40.2 Å². The van der Waals surface area contributed by atoms with Gasteiger partial charge in [0.2, 0.25) is 5.91 Å². The first-order valence-electron chi connectivity index (χ1n) is 11.4. The lowest BCUT2D eigenvalue weighted by molar-refractivity contribution is -0.123. The Hall–Kier alpha value is -1.56. The number of halogens is 1. The monoisotopic (exact) mass is 539 g/mol. The van der Waals surface area contributed by atoms with Gasteiger partial charge in [-0.1, -0.05) is 41.5 Å². The zero-order valence-corrected chi connectivity index (χ0v) is 22.0. The number of carbonyl (C=O) groups is 1. The van der Waals surface area contributed by atoms with Crippen molar-refractivity contribution in [3.63, 3.8) is 0 Å². The molecular weight excluding hydrogens is 514 g/mol. The van der Waals surface area contributed by atoms with Crippen LogP contribution in [0.4, 0.5) is 5.13 Å². The molecule has 3 aromatic rings. The molecule has 2 aliphatic heterocycles. The molecule has 34 heavy (non-hydrogen) atoms. The minimum atomic E-state index is -3.84. The molecule has 4 heterocycles. The van der Waals surface area contributed by atoms with E-state index in [0.717, 1.165) is 46.4 Å². The zero-order valence-electron chi connectivity index (χ0n) is 18.8. The van der Waals surface area contributed by atoms with Crippen LogP contribution in [0.15, 0.2) is 34.5 Å². The first-order chi connectivity index (χ1) is 16.3. The Labute approximate surface area is 212 Å². The van der Waals surface area contributed by atoms with Crippen LogP contribution in [0.3, 0.4) is 0 Å². The van der Waals surface area contributed by atoms with E-state index in [0.29, 0.717) is 42.0 Å². The highest BCUT2D eigenvalue weighted by Gasteiger charge is 2.41. The van der Waals surface area contributed by atoms with Gasteiger partial charge in [-0.3, -0.25) is 9.69 Å². The summed E-state index contributed by atoms with van der Waals surface area (Å²) in [6, 6.07) is 8.28. The van der Waals surface area contributed by atoms with E-state index in [2.05, 4.69) is 0 Å². The van der Waals surface area contributed by atoms with Gasteiger partial charge in [0.05, 0.1) is 27.2 Å². The smallest absolute Gasteiger partial charge is 0.253 e. The molecule has 0 radical (unpaired) electrons. The highest BCUT2D eigenvalue weighted by atomic mass is 35.5. The summed E-state index contributed by atoms with van der Waals surface area (Å²) in [4.78, 5) is 20.5. The average molecular weight is 540 g/mol. The number of amides is 1. The van der Waals surface area contributed by atoms with Crippen molar-refractivity contribution in [3.8, 4) is 0 Å². The van der Waals surface area contributed by atoms with Crippen LogP contribution in [0.1, 0.15) is 37.7 Å². The van der Waals surface area contributed by atoms with E-state index in [1.54, 1.807) is 11.0 Å². The Kier molecular flexibility index (Phi) is 6.98. The van der Waals surface area contributed by atoms with E-state index in [1.807, 2.05) is 25.1 Å². The van der Waals surface area contributed by atoms with Gasteiger partial charge in [0.15, 0.2) is 5.13 Å². The van der Waals surface area contributed by atoms with Gasteiger partial charge in [0.1, 0.15) is 10.3 Å². The summed E-state index contributed by atoms with van der Waals surface area (Å²) < 4.78 is 35.7. The van der Waals surface area contributed by atoms with Crippen molar-refractivity contribution in [1.82, 2.24) is 9.29 Å². The van der Waals surface area contributed by atoms with Crippen molar-refractivity contribution in [2.75, 3.05) is 24.6 Å². The van der Waals surface area contributed by atoms with Gasteiger partial charge in [-0.15, -0.1) is 11.3 Å². The van der Waals surface area contributed by atoms with Crippen molar-refractivity contribution >= 4 is 65.6 Å². The minimum Gasteiger partial charge on any atom is -0.376 e. The normalized spacial score (nSPS) is 21.8. The van der Waals surface area contributed by atoms with Gasteiger partial charge in [-0.25, -0.2) is 13.4 Å². The molecule has 2 saturated heterocycles. The third kappa shape index (κ3) is 4.64. The molecule has 2 atom stereocenters. The minimum absolute atomic E-state index is 0.0817. The van der Waals surface area contributed by atoms with Crippen LogP contribution in [-0.4, -0.2) is 55.5 Å². The largest absolute Gasteiger partial charge is 0.376 e. The predicted molar refractivity (Wildman–Crippen MR) is 137 cm³/mol. The Morgan fingerprint density at radius 2 is 2.06 bits per heavy atom. The molecule has 7 nitrogen and oxygen atoms in total. The summed E-state index contributed by atoms with van der Waals surface area (Å²) in [5.74, 6) is -0.238. The Morgan fingerprint density at radius 1 is 1.21 bits per heavy atom. The maximum atomic E-state index is 14.1. The van der Waals surface area contributed by atoms with Crippen LogP contribution < -0.4 is 4.90 Å². The maximum Gasteiger partial charge on any atom is 0.253 e. The number of anilines is 1. The number of fused-ring (bicyclic) bond motifs is 1. The quantitative estimate of drug-likeness (QED) is 0.436. The Balaban J connectivity index is 1.51. The third-order valence-corrected chi connectivity index (χ3v) is 11.0. The van der Waals surface area contributed by atoms with Gasteiger partial charge in [-0.05, 0) is 56.4 Å². The van der Waals surface area contributed by atoms with Gasteiger partial charge >= 0.3 is 0 Å². The molecule has 182 valence electrons. The number of hydrogen-bond donors (Lipinski definition) is 0. The molecule has 0 aliphatic carbocycles. The van der Waals surface area contributed by atoms with E-state index in [4.69, 9.17) is 21.3 Å². The number of thiophene rings is 1. The van der Waals surface area contributed by atoms with Crippen molar-refractivity contribution in [2.24, 2.45) is 0 Å². The van der Waals surface area contributed by atoms with Crippen molar-refractivity contribution in [2.45, 2.75) is 55.4 Å². The lowest BCUT2D eigenvalue weighted by Crippen LogP contribution is -2.54. The topological polar surface area (TPSA) is 79.8 Å². The van der Waals surface area contributed by atoms with Gasteiger partial charge in [0, 0.05) is 13.2 Å². The second kappa shape index (κ2) is 9.83. The molecule has 2 aromatic heterocycles. The molecule has 2 fully saturated rings. The first-order valence-corrected chi connectivity index (χ1v) is 14.9. The average Bonchev–Trinajstić information content (AvgIpc) is 3.58. The van der Waals surface area contributed by atoms with E-state index < -0.39 is 16.1 Å². The number of hydrogen-bond acceptors (Lipinski definition) is 7. The summed E-state index contributed by atoms with van der Waals surface area (Å²) in [5.41, 5.74) is 1.91. The van der Waals surface area contributed by atoms with E-state index in [9.17, 15) is 13.2 Å². The molecule has 2 aliphatic rings. The Morgan fingerprint density at radius 3 is 2.76 bits per heavy atom. The fraction of sp³-hybridized carbons (Fsp3) is 0.478. The van der Waals surface area contributed by atoms with E-state index >= 15 is 0 Å². The van der Waals surface area contributed by atoms with Crippen molar-refractivity contribution < 1.29 is 17.9 Å². The number of piperidine rings is 1. The summed E-state index contributed by atoms with van der Waals surface area (Å²) in [5, 5.41) is 0.590. The zero-order chi connectivity index (χ0) is 23.9. The summed E-state index contributed by atoms with van der Waals surface area (Å²) in [6.45, 7) is 3.35. The predicted octanol–water partition coefficient (Wildman–Crippen LogP) is 5.08.